The molecule has 3 heterocycles. The number of fused-ring (bicyclic) bond motifs is 1. The second kappa shape index (κ2) is 8.37. The number of carbonyl (C=O) groups is 1. The zero-order valence-electron chi connectivity index (χ0n) is 15.6. The molecule has 0 radical (unpaired) electrons. The van der Waals surface area contributed by atoms with Gasteiger partial charge in [0.2, 0.25) is 5.91 Å². The van der Waals surface area contributed by atoms with Gasteiger partial charge in [0.1, 0.15) is 23.3 Å². The van der Waals surface area contributed by atoms with Crippen molar-refractivity contribution in [3.63, 3.8) is 0 Å². The third-order valence-electron chi connectivity index (χ3n) is 4.19. The maximum atomic E-state index is 11.9. The summed E-state index contributed by atoms with van der Waals surface area (Å²) in [6.45, 7) is -0.439. The van der Waals surface area contributed by atoms with Gasteiger partial charge >= 0.3 is 10.3 Å². The molecular formula is C14H21N7O6S2. The van der Waals surface area contributed by atoms with Crippen molar-refractivity contribution in [2.75, 3.05) is 32.2 Å². The Morgan fingerprint density at radius 1 is 1.48 bits per heavy atom. The van der Waals surface area contributed by atoms with Gasteiger partial charge in [-0.3, -0.25) is 8.98 Å². The minimum absolute atomic E-state index is 0.110. The lowest BCUT2D eigenvalue weighted by atomic mass is 10.2. The molecule has 1 amide bonds. The van der Waals surface area contributed by atoms with Crippen LogP contribution in [0.25, 0.3) is 11.0 Å². The van der Waals surface area contributed by atoms with Crippen molar-refractivity contribution in [3.05, 3.63) is 6.33 Å². The average molecular weight is 447 g/mol. The number of nitrogens with zero attached hydrogens (tertiary/aromatic N) is 5. The molecule has 0 saturated carbocycles. The summed E-state index contributed by atoms with van der Waals surface area (Å²) in [5.41, 5.74) is 6.34. The molecule has 13 nitrogen and oxygen atoms in total. The number of aliphatic hydroxyl groups excluding tert-OH is 1. The fourth-order valence-electron chi connectivity index (χ4n) is 2.70. The van der Waals surface area contributed by atoms with Crippen LogP contribution in [0.1, 0.15) is 12.6 Å². The number of amides is 1. The summed E-state index contributed by atoms with van der Waals surface area (Å²) in [6.07, 6.45) is -1.31. The lowest BCUT2D eigenvalue weighted by Gasteiger charge is -2.14. The molecule has 0 bridgehead atoms. The van der Waals surface area contributed by atoms with Gasteiger partial charge in [-0.1, -0.05) is 11.8 Å². The topological polar surface area (TPSA) is 189 Å². The minimum Gasteiger partial charge on any atom is -0.390 e. The molecule has 2 aromatic rings. The normalized spacial score (nSPS) is 22.3. The number of nitrogens with two attached hydrogens (primary N) is 2. The van der Waals surface area contributed by atoms with E-state index in [4.69, 9.17) is 15.6 Å². The minimum atomic E-state index is -4.17. The van der Waals surface area contributed by atoms with Crippen molar-refractivity contribution >= 4 is 44.8 Å². The number of nitrogen functional groups attached to an aromatic ring is 1. The number of anilines is 1. The average Bonchev–Trinajstić information content (AvgIpc) is 3.18. The Kier molecular flexibility index (Phi) is 6.25. The van der Waals surface area contributed by atoms with Crippen LogP contribution in [0, 0.1) is 0 Å². The lowest BCUT2D eigenvalue weighted by molar-refractivity contribution is -0.125. The van der Waals surface area contributed by atoms with E-state index in [2.05, 4.69) is 19.2 Å². The first-order valence-electron chi connectivity index (χ1n) is 8.39. The molecule has 15 heteroatoms. The van der Waals surface area contributed by atoms with E-state index in [0.29, 0.717) is 16.1 Å². The molecule has 1 fully saturated rings. The summed E-state index contributed by atoms with van der Waals surface area (Å²) >= 11 is 1.17. The first-order valence-corrected chi connectivity index (χ1v) is 10.8. The molecule has 1 saturated heterocycles. The zero-order valence-corrected chi connectivity index (χ0v) is 17.3. The number of hydrogen-bond acceptors (Lipinski definition) is 11. The van der Waals surface area contributed by atoms with Gasteiger partial charge < -0.3 is 20.5 Å². The fraction of sp³-hybridized carbons (Fsp3) is 0.571. The Bertz CT molecular complexity index is 1010. The van der Waals surface area contributed by atoms with E-state index >= 15 is 0 Å². The molecule has 3 rings (SSSR count). The van der Waals surface area contributed by atoms with Crippen molar-refractivity contribution in [2.24, 2.45) is 5.14 Å². The van der Waals surface area contributed by atoms with Crippen LogP contribution < -0.4 is 10.9 Å². The van der Waals surface area contributed by atoms with Crippen molar-refractivity contribution in [1.29, 1.82) is 0 Å². The Morgan fingerprint density at radius 3 is 2.86 bits per heavy atom. The second-order valence-electron chi connectivity index (χ2n) is 6.49. The first-order chi connectivity index (χ1) is 13.6. The predicted octanol–water partition coefficient (Wildman–Crippen LogP) is -1.54. The van der Waals surface area contributed by atoms with Gasteiger partial charge in [0.15, 0.2) is 11.9 Å². The SMILES string of the molecule is CN(C)C(=O)CSc1nn([C@H]2C[C@H](O)[C@@H](COS(N)(=O)=O)O2)c2ncnc(N)c12. The molecule has 0 aromatic carbocycles. The van der Waals surface area contributed by atoms with Crippen LogP contribution in [-0.4, -0.2) is 82.7 Å². The number of carbonyl (C=O) groups excluding carboxylic acids is 1. The summed E-state index contributed by atoms with van der Waals surface area (Å²) in [6, 6.07) is 0. The molecule has 0 spiro atoms. The molecule has 0 aliphatic carbocycles. The summed E-state index contributed by atoms with van der Waals surface area (Å²) in [7, 11) is -0.871. The van der Waals surface area contributed by atoms with Crippen molar-refractivity contribution < 1.29 is 27.2 Å². The highest BCUT2D eigenvalue weighted by molar-refractivity contribution is 8.00. The molecule has 29 heavy (non-hydrogen) atoms. The molecule has 3 atom stereocenters. The highest BCUT2D eigenvalue weighted by atomic mass is 32.2. The first kappa shape index (κ1) is 21.7. The molecule has 5 N–H and O–H groups in total. The monoisotopic (exact) mass is 447 g/mol. The molecule has 160 valence electrons. The van der Waals surface area contributed by atoms with Gasteiger partial charge in [0.05, 0.1) is 23.8 Å². The Hall–Kier alpha value is -2.04. The van der Waals surface area contributed by atoms with Crippen LogP contribution in [0.3, 0.4) is 0 Å². The van der Waals surface area contributed by atoms with E-state index in [1.807, 2.05) is 0 Å². The summed E-state index contributed by atoms with van der Waals surface area (Å²) < 4.78 is 33.6. The van der Waals surface area contributed by atoms with Gasteiger partial charge in [-0.2, -0.15) is 13.5 Å². The Balaban J connectivity index is 1.86. The van der Waals surface area contributed by atoms with Crippen LogP contribution in [0.4, 0.5) is 5.82 Å². The summed E-state index contributed by atoms with van der Waals surface area (Å²) in [4.78, 5) is 21.5. The van der Waals surface area contributed by atoms with E-state index < -0.39 is 35.3 Å². The van der Waals surface area contributed by atoms with Gasteiger partial charge in [-0.15, -0.1) is 0 Å². The standard InChI is InChI=1S/C14H21N7O6S2/c1-20(2)9(23)5-28-14-11-12(15)17-6-18-13(11)21(19-14)10-3-7(22)8(27-10)4-26-29(16,24)25/h6-8,10,22H,3-5H2,1-2H3,(H2,15,17,18)(H2,16,24,25)/t7-,8+,10+/m0/s1. The van der Waals surface area contributed by atoms with Crippen molar-refractivity contribution in [2.45, 2.75) is 29.9 Å². The zero-order chi connectivity index (χ0) is 21.3. The van der Waals surface area contributed by atoms with E-state index in [1.165, 1.54) is 27.7 Å². The quantitative estimate of drug-likeness (QED) is 0.417. The van der Waals surface area contributed by atoms with Gasteiger partial charge in [-0.25, -0.2) is 19.8 Å². The highest BCUT2D eigenvalue weighted by Gasteiger charge is 2.38. The predicted molar refractivity (Wildman–Crippen MR) is 103 cm³/mol. The summed E-state index contributed by atoms with van der Waals surface area (Å²) in [5, 5.41) is 20.4. The molecule has 1 aliphatic heterocycles. The third-order valence-corrected chi connectivity index (χ3v) is 5.61. The number of thioether (sulfide) groups is 1. The van der Waals surface area contributed by atoms with Crippen LogP contribution >= 0.6 is 11.8 Å². The lowest BCUT2D eigenvalue weighted by Crippen LogP contribution is -2.30. The van der Waals surface area contributed by atoms with Crippen molar-refractivity contribution in [3.8, 4) is 0 Å². The highest BCUT2D eigenvalue weighted by Crippen LogP contribution is 2.35. The van der Waals surface area contributed by atoms with E-state index in [1.54, 1.807) is 14.1 Å². The van der Waals surface area contributed by atoms with Gasteiger partial charge in [0.25, 0.3) is 0 Å². The number of rotatable bonds is 7. The van der Waals surface area contributed by atoms with Crippen LogP contribution in [0.2, 0.25) is 0 Å². The number of hydrogen-bond donors (Lipinski definition) is 3. The van der Waals surface area contributed by atoms with Crippen molar-refractivity contribution in [1.82, 2.24) is 24.6 Å². The number of aromatic nitrogens is 4. The summed E-state index contributed by atoms with van der Waals surface area (Å²) in [5.74, 6) is 0.210. The van der Waals surface area contributed by atoms with E-state index in [9.17, 15) is 18.3 Å². The van der Waals surface area contributed by atoms with E-state index in [0.717, 1.165) is 0 Å². The van der Waals surface area contributed by atoms with Crippen LogP contribution in [0.15, 0.2) is 11.4 Å². The molecular weight excluding hydrogens is 426 g/mol. The van der Waals surface area contributed by atoms with Gasteiger partial charge in [-0.05, 0) is 0 Å². The Morgan fingerprint density at radius 2 is 2.21 bits per heavy atom. The third kappa shape index (κ3) is 4.93. The smallest absolute Gasteiger partial charge is 0.333 e. The maximum Gasteiger partial charge on any atom is 0.333 e. The molecule has 1 aliphatic rings. The number of ether oxygens (including phenoxy) is 1. The van der Waals surface area contributed by atoms with Crippen LogP contribution in [0.5, 0.6) is 0 Å². The molecule has 2 aromatic heterocycles. The van der Waals surface area contributed by atoms with Crippen LogP contribution in [-0.2, 0) is 24.0 Å². The fourth-order valence-corrected chi connectivity index (χ4v) is 4.03. The van der Waals surface area contributed by atoms with Gasteiger partial charge in [0, 0.05) is 20.5 Å². The molecule has 0 unspecified atom stereocenters. The second-order valence-corrected chi connectivity index (χ2v) is 8.68. The number of aliphatic hydroxyl groups is 1. The Labute approximate surface area is 170 Å². The maximum absolute atomic E-state index is 11.9. The largest absolute Gasteiger partial charge is 0.390 e. The van der Waals surface area contributed by atoms with E-state index in [-0.39, 0.29) is 23.9 Å².